The zero-order valence-corrected chi connectivity index (χ0v) is 10.6. The maximum absolute atomic E-state index is 13.5. The summed E-state index contributed by atoms with van der Waals surface area (Å²) in [5, 5.41) is 0. The Balaban J connectivity index is 2.02. The van der Waals surface area contributed by atoms with Crippen molar-refractivity contribution in [1.82, 2.24) is 0 Å². The van der Waals surface area contributed by atoms with Crippen LogP contribution in [-0.4, -0.2) is 32.4 Å². The molecule has 0 amide bonds. The number of morpholine rings is 1. The number of nitrogens with zero attached hydrogens (tertiary/aromatic N) is 2. The lowest BCUT2D eigenvalue weighted by molar-refractivity contribution is 0.122. The van der Waals surface area contributed by atoms with Gasteiger partial charge in [0.2, 0.25) is 6.08 Å². The average Bonchev–Trinajstić information content (AvgIpc) is 3.21. The molecule has 5 heteroatoms. The number of anilines is 1. The molecule has 1 saturated heterocycles. The number of isocyanates is 1. The van der Waals surface area contributed by atoms with Crippen LogP contribution in [0.25, 0.3) is 0 Å². The minimum absolute atomic E-state index is 0.292. The predicted molar refractivity (Wildman–Crippen MR) is 68.5 cm³/mol. The fourth-order valence-corrected chi connectivity index (χ4v) is 2.61. The summed E-state index contributed by atoms with van der Waals surface area (Å²) in [4.78, 5) is 16.7. The summed E-state index contributed by atoms with van der Waals surface area (Å²) >= 11 is 0. The first-order chi connectivity index (χ1) is 9.25. The Bertz CT molecular complexity index is 530. The molecule has 1 aromatic rings. The van der Waals surface area contributed by atoms with Gasteiger partial charge in [0, 0.05) is 24.3 Å². The predicted octanol–water partition coefficient (Wildman–Crippen LogP) is 1.99. The summed E-state index contributed by atoms with van der Waals surface area (Å²) in [7, 11) is 0. The van der Waals surface area contributed by atoms with Gasteiger partial charge in [-0.2, -0.15) is 4.99 Å². The fraction of sp³-hybridized carbons (Fsp3) is 0.500. The van der Waals surface area contributed by atoms with Crippen molar-refractivity contribution in [3.8, 4) is 0 Å². The summed E-state index contributed by atoms with van der Waals surface area (Å²) < 4.78 is 18.9. The van der Waals surface area contributed by atoms with Gasteiger partial charge in [-0.1, -0.05) is 0 Å². The molecule has 2 aliphatic rings. The number of hydrogen-bond acceptors (Lipinski definition) is 4. The molecule has 0 atom stereocenters. The van der Waals surface area contributed by atoms with Crippen molar-refractivity contribution >= 4 is 11.8 Å². The molecule has 3 rings (SSSR count). The van der Waals surface area contributed by atoms with Gasteiger partial charge < -0.3 is 9.64 Å². The van der Waals surface area contributed by atoms with E-state index in [1.54, 1.807) is 12.1 Å². The van der Waals surface area contributed by atoms with Crippen LogP contribution in [0.15, 0.2) is 23.2 Å². The van der Waals surface area contributed by atoms with Crippen molar-refractivity contribution in [2.75, 3.05) is 31.2 Å². The fourth-order valence-electron chi connectivity index (χ4n) is 2.61. The number of aliphatic imine (C=N–C) groups is 1. The summed E-state index contributed by atoms with van der Waals surface area (Å²) in [6.07, 6.45) is 3.19. The van der Waals surface area contributed by atoms with E-state index in [4.69, 9.17) is 4.74 Å². The van der Waals surface area contributed by atoms with E-state index in [0.717, 1.165) is 37.2 Å². The largest absolute Gasteiger partial charge is 0.378 e. The highest BCUT2D eigenvalue weighted by atomic mass is 19.1. The minimum Gasteiger partial charge on any atom is -0.378 e. The highest BCUT2D eigenvalue weighted by Crippen LogP contribution is 2.52. The van der Waals surface area contributed by atoms with E-state index in [1.165, 1.54) is 12.1 Å². The molecule has 0 N–H and O–H groups in total. The van der Waals surface area contributed by atoms with Crippen molar-refractivity contribution in [2.45, 2.75) is 18.4 Å². The van der Waals surface area contributed by atoms with Crippen LogP contribution in [0.5, 0.6) is 0 Å². The van der Waals surface area contributed by atoms with Gasteiger partial charge in [0.1, 0.15) is 11.4 Å². The molecule has 1 aromatic carbocycles. The van der Waals surface area contributed by atoms with Crippen LogP contribution in [0.3, 0.4) is 0 Å². The van der Waals surface area contributed by atoms with Gasteiger partial charge in [-0.25, -0.2) is 9.18 Å². The average molecular weight is 262 g/mol. The van der Waals surface area contributed by atoms with E-state index in [9.17, 15) is 9.18 Å². The topological polar surface area (TPSA) is 41.9 Å². The highest BCUT2D eigenvalue weighted by molar-refractivity contribution is 5.60. The number of hydrogen-bond donors (Lipinski definition) is 0. The first kappa shape index (κ1) is 12.3. The SMILES string of the molecule is O=C=NC1(c2cc(F)ccc2N2CCOCC2)CC1. The van der Waals surface area contributed by atoms with E-state index in [-0.39, 0.29) is 5.82 Å². The van der Waals surface area contributed by atoms with Gasteiger partial charge in [0.25, 0.3) is 0 Å². The van der Waals surface area contributed by atoms with Crippen molar-refractivity contribution in [1.29, 1.82) is 0 Å². The second kappa shape index (κ2) is 4.76. The third-order valence-corrected chi connectivity index (χ3v) is 3.79. The minimum atomic E-state index is -0.544. The zero-order valence-electron chi connectivity index (χ0n) is 10.6. The van der Waals surface area contributed by atoms with Gasteiger partial charge in [0.05, 0.1) is 13.2 Å². The normalized spacial score (nSPS) is 20.8. The monoisotopic (exact) mass is 262 g/mol. The second-order valence-corrected chi connectivity index (χ2v) is 5.00. The van der Waals surface area contributed by atoms with Crippen LogP contribution in [0, 0.1) is 5.82 Å². The van der Waals surface area contributed by atoms with Crippen LogP contribution in [-0.2, 0) is 15.1 Å². The first-order valence-electron chi connectivity index (χ1n) is 6.47. The molecular formula is C14H15FN2O2. The maximum Gasteiger partial charge on any atom is 0.235 e. The number of benzene rings is 1. The second-order valence-electron chi connectivity index (χ2n) is 5.00. The van der Waals surface area contributed by atoms with Crippen molar-refractivity contribution in [3.05, 3.63) is 29.6 Å². The lowest BCUT2D eigenvalue weighted by Crippen LogP contribution is -2.37. The molecule has 1 heterocycles. The Morgan fingerprint density at radius 3 is 2.68 bits per heavy atom. The van der Waals surface area contributed by atoms with E-state index in [2.05, 4.69) is 9.89 Å². The summed E-state index contributed by atoms with van der Waals surface area (Å²) in [5.41, 5.74) is 1.22. The summed E-state index contributed by atoms with van der Waals surface area (Å²) in [5.74, 6) is -0.292. The number of ether oxygens (including phenoxy) is 1. The molecule has 2 fully saturated rings. The van der Waals surface area contributed by atoms with Crippen molar-refractivity contribution in [3.63, 3.8) is 0 Å². The number of halogens is 1. The quantitative estimate of drug-likeness (QED) is 0.618. The summed E-state index contributed by atoms with van der Waals surface area (Å²) in [6, 6.07) is 4.73. The third kappa shape index (κ3) is 2.27. The van der Waals surface area contributed by atoms with E-state index < -0.39 is 5.54 Å². The van der Waals surface area contributed by atoms with Crippen molar-refractivity contribution in [2.24, 2.45) is 4.99 Å². The molecule has 19 heavy (non-hydrogen) atoms. The smallest absolute Gasteiger partial charge is 0.235 e. The van der Waals surface area contributed by atoms with Gasteiger partial charge in [-0.15, -0.1) is 0 Å². The lowest BCUT2D eigenvalue weighted by atomic mass is 10.0. The molecule has 100 valence electrons. The van der Waals surface area contributed by atoms with Gasteiger partial charge in [0.15, 0.2) is 0 Å². The van der Waals surface area contributed by atoms with E-state index in [1.807, 2.05) is 0 Å². The highest BCUT2D eigenvalue weighted by Gasteiger charge is 2.47. The van der Waals surface area contributed by atoms with Crippen molar-refractivity contribution < 1.29 is 13.9 Å². The Hall–Kier alpha value is -1.71. The summed E-state index contributed by atoms with van der Waals surface area (Å²) in [6.45, 7) is 2.89. The maximum atomic E-state index is 13.5. The third-order valence-electron chi connectivity index (χ3n) is 3.79. The molecule has 1 aliphatic heterocycles. The Labute approximate surface area is 110 Å². The Morgan fingerprint density at radius 2 is 2.05 bits per heavy atom. The van der Waals surface area contributed by atoms with Gasteiger partial charge in [-0.3, -0.25) is 0 Å². The lowest BCUT2D eigenvalue weighted by Gasteiger charge is -2.31. The molecule has 0 spiro atoms. The van der Waals surface area contributed by atoms with Crippen LogP contribution >= 0.6 is 0 Å². The molecule has 1 saturated carbocycles. The Kier molecular flexibility index (Phi) is 3.09. The zero-order chi connectivity index (χ0) is 13.3. The molecule has 4 nitrogen and oxygen atoms in total. The molecule has 0 radical (unpaired) electrons. The molecular weight excluding hydrogens is 247 g/mol. The Morgan fingerprint density at radius 1 is 1.32 bits per heavy atom. The standard InChI is InChI=1S/C14H15FN2O2/c15-11-1-2-13(17-5-7-19-8-6-17)12(9-11)14(3-4-14)16-10-18/h1-2,9H,3-8H2. The molecule has 0 unspecified atom stereocenters. The van der Waals surface area contributed by atoms with Crippen LogP contribution in [0.2, 0.25) is 0 Å². The molecule has 0 bridgehead atoms. The first-order valence-corrected chi connectivity index (χ1v) is 6.47. The number of carbonyl (C=O) groups excluding carboxylic acids is 1. The van der Waals surface area contributed by atoms with E-state index in [0.29, 0.717) is 13.2 Å². The van der Waals surface area contributed by atoms with Crippen LogP contribution in [0.4, 0.5) is 10.1 Å². The van der Waals surface area contributed by atoms with Crippen LogP contribution < -0.4 is 4.90 Å². The van der Waals surface area contributed by atoms with Gasteiger partial charge >= 0.3 is 0 Å². The van der Waals surface area contributed by atoms with Gasteiger partial charge in [-0.05, 0) is 31.0 Å². The molecule has 0 aromatic heterocycles. The molecule has 1 aliphatic carbocycles. The number of rotatable bonds is 3. The van der Waals surface area contributed by atoms with E-state index >= 15 is 0 Å². The van der Waals surface area contributed by atoms with Crippen LogP contribution in [0.1, 0.15) is 18.4 Å².